The Bertz CT molecular complexity index is 1300. The normalized spacial score (nSPS) is 11.1. The van der Waals surface area contributed by atoms with Gasteiger partial charge in [0.15, 0.2) is 22.7 Å². The van der Waals surface area contributed by atoms with Crippen LogP contribution in [0, 0.1) is 17.5 Å². The molecule has 0 radical (unpaired) electrons. The van der Waals surface area contributed by atoms with Gasteiger partial charge in [0.25, 0.3) is 0 Å². The second-order valence-electron chi connectivity index (χ2n) is 6.21. The predicted molar refractivity (Wildman–Crippen MR) is 102 cm³/mol. The molecule has 0 atom stereocenters. The van der Waals surface area contributed by atoms with E-state index in [0.717, 1.165) is 6.07 Å². The molecule has 2 heterocycles. The Morgan fingerprint density at radius 1 is 1.00 bits per heavy atom. The van der Waals surface area contributed by atoms with Crippen LogP contribution in [-0.2, 0) is 6.54 Å². The van der Waals surface area contributed by atoms with Gasteiger partial charge < -0.3 is 14.0 Å². The van der Waals surface area contributed by atoms with Crippen molar-refractivity contribution >= 4 is 11.2 Å². The molecule has 0 fully saturated rings. The van der Waals surface area contributed by atoms with Crippen molar-refractivity contribution in [2.45, 2.75) is 13.5 Å². The number of aryl methyl sites for hydroxylation is 1. The number of nitrogens with zero attached hydrogens (tertiary/aromatic N) is 4. The van der Waals surface area contributed by atoms with Crippen molar-refractivity contribution in [3.05, 3.63) is 70.5 Å². The Balaban J connectivity index is 1.98. The number of rotatable bonds is 5. The number of ether oxygens (including phenoxy) is 2. The van der Waals surface area contributed by atoms with Crippen molar-refractivity contribution in [1.82, 2.24) is 19.1 Å². The van der Waals surface area contributed by atoms with Crippen molar-refractivity contribution in [3.63, 3.8) is 0 Å². The van der Waals surface area contributed by atoms with Crippen LogP contribution in [0.2, 0.25) is 0 Å². The fraction of sp³-hybridized carbons (Fsp3) is 0.150. The van der Waals surface area contributed by atoms with E-state index in [1.807, 2.05) is 6.92 Å². The minimum absolute atomic E-state index is 0.0508. The van der Waals surface area contributed by atoms with Crippen LogP contribution >= 0.6 is 0 Å². The van der Waals surface area contributed by atoms with E-state index in [1.54, 1.807) is 4.57 Å². The summed E-state index contributed by atoms with van der Waals surface area (Å²) in [6.07, 6.45) is 1.45. The standard InChI is InChI=1S/C20H15F3N4O3/c1-3-26-10-24-17-18(28)25-20(27(19(17)26)12-6-4-11(21)5-7-12)30-14-9-8-13(29-2)15(22)16(14)23/h4-10H,3H2,1-2H3. The van der Waals surface area contributed by atoms with Gasteiger partial charge in [0.05, 0.1) is 19.1 Å². The van der Waals surface area contributed by atoms with Gasteiger partial charge >= 0.3 is 11.6 Å². The van der Waals surface area contributed by atoms with Crippen molar-refractivity contribution in [2.75, 3.05) is 7.11 Å². The van der Waals surface area contributed by atoms with E-state index < -0.39 is 28.8 Å². The molecule has 0 aliphatic heterocycles. The second kappa shape index (κ2) is 7.54. The highest BCUT2D eigenvalue weighted by Gasteiger charge is 2.22. The third-order valence-electron chi connectivity index (χ3n) is 4.47. The van der Waals surface area contributed by atoms with E-state index >= 15 is 0 Å². The SMILES string of the molecule is CCn1cnc2c(=O)nc(Oc3ccc(OC)c(F)c3F)n(-c3ccc(F)cc3)c21. The quantitative estimate of drug-likeness (QED) is 0.495. The van der Waals surface area contributed by atoms with Gasteiger partial charge in [-0.3, -0.25) is 4.79 Å². The maximum Gasteiger partial charge on any atom is 0.311 e. The smallest absolute Gasteiger partial charge is 0.311 e. The first-order valence-electron chi connectivity index (χ1n) is 8.88. The minimum Gasteiger partial charge on any atom is -0.494 e. The highest BCUT2D eigenvalue weighted by Crippen LogP contribution is 2.32. The summed E-state index contributed by atoms with van der Waals surface area (Å²) in [7, 11) is 1.20. The first-order chi connectivity index (χ1) is 14.4. The largest absolute Gasteiger partial charge is 0.494 e. The number of hydrogen-bond acceptors (Lipinski definition) is 5. The molecule has 154 valence electrons. The van der Waals surface area contributed by atoms with Crippen LogP contribution in [0.5, 0.6) is 17.5 Å². The monoisotopic (exact) mass is 416 g/mol. The molecule has 2 aromatic carbocycles. The molecule has 0 aliphatic carbocycles. The molecule has 30 heavy (non-hydrogen) atoms. The van der Waals surface area contributed by atoms with Crippen molar-refractivity contribution in [2.24, 2.45) is 0 Å². The molecule has 10 heteroatoms. The molecule has 0 saturated carbocycles. The third kappa shape index (κ3) is 3.15. The summed E-state index contributed by atoms with van der Waals surface area (Å²) in [5, 5.41) is 0. The van der Waals surface area contributed by atoms with Crippen LogP contribution in [0.15, 0.2) is 47.5 Å². The van der Waals surface area contributed by atoms with Gasteiger partial charge in [-0.1, -0.05) is 0 Å². The maximum atomic E-state index is 14.5. The molecule has 0 saturated heterocycles. The average molecular weight is 416 g/mol. The molecule has 0 bridgehead atoms. The summed E-state index contributed by atoms with van der Waals surface area (Å²) < 4.78 is 55.3. The zero-order valence-corrected chi connectivity index (χ0v) is 15.9. The topological polar surface area (TPSA) is 71.2 Å². The van der Waals surface area contributed by atoms with Gasteiger partial charge in [0.2, 0.25) is 11.6 Å². The van der Waals surface area contributed by atoms with Crippen LogP contribution in [0.1, 0.15) is 6.92 Å². The van der Waals surface area contributed by atoms with Crippen molar-refractivity contribution < 1.29 is 22.6 Å². The van der Waals surface area contributed by atoms with Gasteiger partial charge in [-0.05, 0) is 43.3 Å². The molecule has 4 rings (SSSR count). The van der Waals surface area contributed by atoms with E-state index in [1.165, 1.54) is 48.3 Å². The van der Waals surface area contributed by atoms with E-state index in [4.69, 9.17) is 9.47 Å². The minimum atomic E-state index is -1.31. The van der Waals surface area contributed by atoms with E-state index in [2.05, 4.69) is 9.97 Å². The summed E-state index contributed by atoms with van der Waals surface area (Å²) in [6.45, 7) is 2.28. The Morgan fingerprint density at radius 2 is 1.67 bits per heavy atom. The summed E-state index contributed by atoms with van der Waals surface area (Å²) in [5.74, 6) is -3.83. The molecule has 0 amide bonds. The predicted octanol–water partition coefficient (Wildman–Crippen LogP) is 3.82. The molecule has 4 aromatic rings. The van der Waals surface area contributed by atoms with Crippen LogP contribution < -0.4 is 15.0 Å². The zero-order chi connectivity index (χ0) is 21.4. The van der Waals surface area contributed by atoms with Crippen LogP contribution in [0.3, 0.4) is 0 Å². The molecule has 0 spiro atoms. The molecule has 0 N–H and O–H groups in total. The van der Waals surface area contributed by atoms with E-state index in [9.17, 15) is 18.0 Å². The van der Waals surface area contributed by atoms with Gasteiger partial charge in [-0.25, -0.2) is 13.9 Å². The van der Waals surface area contributed by atoms with Crippen molar-refractivity contribution in [1.29, 1.82) is 0 Å². The number of benzene rings is 2. The number of aromatic nitrogens is 4. The Morgan fingerprint density at radius 3 is 2.33 bits per heavy atom. The maximum absolute atomic E-state index is 14.5. The van der Waals surface area contributed by atoms with Gasteiger partial charge in [0, 0.05) is 6.54 Å². The van der Waals surface area contributed by atoms with Crippen LogP contribution in [0.4, 0.5) is 13.2 Å². The molecule has 0 aliphatic rings. The van der Waals surface area contributed by atoms with Gasteiger partial charge in [0.1, 0.15) is 5.82 Å². The summed E-state index contributed by atoms with van der Waals surface area (Å²) in [5.41, 5.74) is 0.0388. The lowest BCUT2D eigenvalue weighted by Crippen LogP contribution is -2.17. The Kier molecular flexibility index (Phi) is 4.90. The van der Waals surface area contributed by atoms with Gasteiger partial charge in [-0.2, -0.15) is 13.8 Å². The number of methoxy groups -OCH3 is 1. The van der Waals surface area contributed by atoms with Crippen LogP contribution in [0.25, 0.3) is 16.9 Å². The number of fused-ring (bicyclic) bond motifs is 1. The van der Waals surface area contributed by atoms with Crippen molar-refractivity contribution in [3.8, 4) is 23.2 Å². The summed E-state index contributed by atoms with van der Waals surface area (Å²) in [4.78, 5) is 20.4. The molecular formula is C20H15F3N4O3. The highest BCUT2D eigenvalue weighted by atomic mass is 19.2. The number of halogens is 3. The molecular weight excluding hydrogens is 401 g/mol. The first kappa shape index (κ1) is 19.5. The Hall–Kier alpha value is -3.82. The third-order valence-corrected chi connectivity index (χ3v) is 4.47. The second-order valence-corrected chi connectivity index (χ2v) is 6.21. The molecule has 7 nitrogen and oxygen atoms in total. The number of hydrogen-bond donors (Lipinski definition) is 0. The Labute approximate surface area is 167 Å². The summed E-state index contributed by atoms with van der Waals surface area (Å²) in [6, 6.07) is 7.30. The fourth-order valence-electron chi connectivity index (χ4n) is 3.01. The zero-order valence-electron chi connectivity index (χ0n) is 15.9. The van der Waals surface area contributed by atoms with E-state index in [0.29, 0.717) is 17.9 Å². The van der Waals surface area contributed by atoms with E-state index in [-0.39, 0.29) is 17.3 Å². The highest BCUT2D eigenvalue weighted by molar-refractivity contribution is 5.73. The lowest BCUT2D eigenvalue weighted by atomic mass is 10.3. The summed E-state index contributed by atoms with van der Waals surface area (Å²) >= 11 is 0. The first-order valence-corrected chi connectivity index (χ1v) is 8.88. The lowest BCUT2D eigenvalue weighted by molar-refractivity contribution is 0.350. The lowest BCUT2D eigenvalue weighted by Gasteiger charge is -2.16. The van der Waals surface area contributed by atoms with Gasteiger partial charge in [-0.15, -0.1) is 0 Å². The average Bonchev–Trinajstić information content (AvgIpc) is 3.17. The molecule has 2 aromatic heterocycles. The fourth-order valence-corrected chi connectivity index (χ4v) is 3.01. The van der Waals surface area contributed by atoms with Crippen LogP contribution in [-0.4, -0.2) is 26.2 Å². The molecule has 0 unspecified atom stereocenters. The number of imidazole rings is 1.